The number of halogens is 3. The van der Waals surface area contributed by atoms with E-state index in [2.05, 4.69) is 11.4 Å². The number of aliphatic carboxylic acids is 1. The van der Waals surface area contributed by atoms with Crippen LogP contribution in [0.3, 0.4) is 0 Å². The molecule has 0 radical (unpaired) electrons. The van der Waals surface area contributed by atoms with Crippen LogP contribution in [0.1, 0.15) is 49.1 Å². The molecular weight excluding hydrogens is 589 g/mol. The smallest absolute Gasteiger partial charge is 0.416 e. The third-order valence-electron chi connectivity index (χ3n) is 6.95. The Morgan fingerprint density at radius 3 is 2.33 bits per heavy atom. The van der Waals surface area contributed by atoms with Crippen molar-refractivity contribution in [2.24, 2.45) is 0 Å². The highest BCUT2D eigenvalue weighted by Crippen LogP contribution is 2.35. The predicted octanol–water partition coefficient (Wildman–Crippen LogP) is 5.82. The minimum atomic E-state index is -4.79. The summed E-state index contributed by atoms with van der Waals surface area (Å²) in [6.07, 6.45) is -3.01. The molecule has 0 spiro atoms. The first-order valence-electron chi connectivity index (χ1n) is 13.5. The Bertz CT molecular complexity index is 1420. The maximum Gasteiger partial charge on any atom is 0.416 e. The summed E-state index contributed by atoms with van der Waals surface area (Å²) >= 11 is 1.70. The number of nitrogens with one attached hydrogen (secondary N) is 1. The second-order valence-corrected chi connectivity index (χ2v) is 14.0. The third-order valence-corrected chi connectivity index (χ3v) is 9.68. The molecule has 42 heavy (non-hydrogen) atoms. The van der Waals surface area contributed by atoms with Gasteiger partial charge in [0, 0.05) is 37.0 Å². The Morgan fingerprint density at radius 2 is 1.74 bits per heavy atom. The van der Waals surface area contributed by atoms with E-state index in [0.717, 1.165) is 29.6 Å². The number of β-amino-alcohol motifs (C(OH)–C–C–N with tert-alkyl or cyclic N) is 1. The Balaban J connectivity index is 1.71. The minimum Gasteiger partial charge on any atom is -0.481 e. The van der Waals surface area contributed by atoms with E-state index >= 15 is 0 Å². The Kier molecular flexibility index (Phi) is 11.4. The van der Waals surface area contributed by atoms with Gasteiger partial charge in [0.2, 0.25) is 10.0 Å². The molecule has 0 aliphatic rings. The van der Waals surface area contributed by atoms with E-state index in [1.807, 2.05) is 25.3 Å². The number of hydrogen-bond donors (Lipinski definition) is 3. The van der Waals surface area contributed by atoms with Gasteiger partial charge in [-0.05, 0) is 85.9 Å². The van der Waals surface area contributed by atoms with Gasteiger partial charge in [-0.1, -0.05) is 30.3 Å². The molecule has 0 saturated carbocycles. The molecule has 1 unspecified atom stereocenters. The number of sulfonamides is 1. The zero-order chi connectivity index (χ0) is 31.1. The van der Waals surface area contributed by atoms with Gasteiger partial charge in [0.05, 0.1) is 16.6 Å². The number of aliphatic hydroxyl groups excluding tert-OH is 1. The molecule has 0 aliphatic carbocycles. The molecule has 0 bridgehead atoms. The fraction of sp³-hybridized carbons (Fsp3) is 0.433. The fourth-order valence-corrected chi connectivity index (χ4v) is 6.51. The molecule has 1 heterocycles. The predicted molar refractivity (Wildman–Crippen MR) is 158 cm³/mol. The topological polar surface area (TPSA) is 107 Å². The van der Waals surface area contributed by atoms with Crippen molar-refractivity contribution >= 4 is 27.3 Å². The van der Waals surface area contributed by atoms with Crippen LogP contribution in [0.25, 0.3) is 11.1 Å². The molecule has 1 atom stereocenters. The standard InChI is InChI=1S/C30H37F3N2O5S2/c1-29(2,14-4-6-26-7-5-15-41-26)34-19-25(36)20-35(3)42(39,40)27-17-23(16-24(18-27)30(31,32)33)22-11-8-21(9-12-22)10-13-28(37)38/h5,7-9,11-12,15-18,25,34,36H,4,6,10,13-14,19-20H2,1-3H3,(H,37,38). The minimum absolute atomic E-state index is 0.0492. The second-order valence-electron chi connectivity index (χ2n) is 11.0. The van der Waals surface area contributed by atoms with Crippen LogP contribution in [0.15, 0.2) is 64.9 Å². The lowest BCUT2D eigenvalue weighted by Crippen LogP contribution is -2.46. The highest BCUT2D eigenvalue weighted by atomic mass is 32.2. The zero-order valence-corrected chi connectivity index (χ0v) is 25.5. The molecule has 12 heteroatoms. The number of carboxylic acids is 1. The summed E-state index contributed by atoms with van der Waals surface area (Å²) < 4.78 is 68.9. The Labute approximate surface area is 249 Å². The van der Waals surface area contributed by atoms with Crippen molar-refractivity contribution in [1.29, 1.82) is 0 Å². The molecule has 3 rings (SSSR count). The summed E-state index contributed by atoms with van der Waals surface area (Å²) in [4.78, 5) is 11.6. The van der Waals surface area contributed by atoms with E-state index in [1.165, 1.54) is 30.1 Å². The van der Waals surface area contributed by atoms with Crippen LogP contribution in [0.4, 0.5) is 13.2 Å². The number of aliphatic hydroxyl groups is 1. The van der Waals surface area contributed by atoms with Gasteiger partial charge in [0.25, 0.3) is 0 Å². The van der Waals surface area contributed by atoms with Gasteiger partial charge < -0.3 is 15.5 Å². The van der Waals surface area contributed by atoms with Crippen LogP contribution in [0.5, 0.6) is 0 Å². The SMILES string of the molecule is CN(CC(O)CNC(C)(C)CCCc1cccs1)S(=O)(=O)c1cc(-c2ccc(CCC(=O)O)cc2)cc(C(F)(F)F)c1. The van der Waals surface area contributed by atoms with Gasteiger partial charge in [-0.15, -0.1) is 11.3 Å². The number of alkyl halides is 3. The lowest BCUT2D eigenvalue weighted by Gasteiger charge is -2.29. The van der Waals surface area contributed by atoms with Crippen molar-refractivity contribution in [3.63, 3.8) is 0 Å². The quantitative estimate of drug-likeness (QED) is 0.196. The number of benzene rings is 2. The van der Waals surface area contributed by atoms with Gasteiger partial charge in [-0.3, -0.25) is 4.79 Å². The molecule has 3 N–H and O–H groups in total. The Hall–Kier alpha value is -2.77. The van der Waals surface area contributed by atoms with E-state index in [9.17, 15) is 31.5 Å². The number of hydrogen-bond acceptors (Lipinski definition) is 6. The van der Waals surface area contributed by atoms with Crippen LogP contribution in [0, 0.1) is 0 Å². The largest absolute Gasteiger partial charge is 0.481 e. The first kappa shape index (κ1) is 33.7. The lowest BCUT2D eigenvalue weighted by atomic mass is 9.96. The first-order chi connectivity index (χ1) is 19.6. The van der Waals surface area contributed by atoms with E-state index in [4.69, 9.17) is 5.11 Å². The van der Waals surface area contributed by atoms with Crippen molar-refractivity contribution in [3.05, 3.63) is 76.0 Å². The summed E-state index contributed by atoms with van der Waals surface area (Å²) in [5.74, 6) is -0.967. The molecule has 230 valence electrons. The fourth-order valence-electron chi connectivity index (χ4n) is 4.47. The number of thiophene rings is 1. The number of likely N-dealkylation sites (N-methyl/N-ethyl adjacent to an activating group) is 1. The molecule has 0 aliphatic heterocycles. The van der Waals surface area contributed by atoms with Crippen LogP contribution in [-0.4, -0.2) is 60.7 Å². The van der Waals surface area contributed by atoms with Crippen LogP contribution in [0.2, 0.25) is 0 Å². The van der Waals surface area contributed by atoms with E-state index in [1.54, 1.807) is 23.5 Å². The highest BCUT2D eigenvalue weighted by molar-refractivity contribution is 7.89. The molecule has 0 fully saturated rings. The van der Waals surface area contributed by atoms with Crippen LogP contribution >= 0.6 is 11.3 Å². The monoisotopic (exact) mass is 626 g/mol. The number of nitrogens with zero attached hydrogens (tertiary/aromatic N) is 1. The molecule has 0 saturated heterocycles. The van der Waals surface area contributed by atoms with Crippen LogP contribution in [-0.2, 0) is 33.8 Å². The lowest BCUT2D eigenvalue weighted by molar-refractivity contribution is -0.138. The van der Waals surface area contributed by atoms with Gasteiger partial charge in [0.1, 0.15) is 0 Å². The van der Waals surface area contributed by atoms with E-state index in [0.29, 0.717) is 17.2 Å². The third kappa shape index (κ3) is 9.91. The number of carbonyl (C=O) groups is 1. The van der Waals surface area contributed by atoms with Gasteiger partial charge >= 0.3 is 12.1 Å². The first-order valence-corrected chi connectivity index (χ1v) is 15.8. The van der Waals surface area contributed by atoms with Crippen LogP contribution < -0.4 is 5.32 Å². The normalized spacial score (nSPS) is 13.4. The number of aryl methyl sites for hydroxylation is 2. The Morgan fingerprint density at radius 1 is 1.05 bits per heavy atom. The zero-order valence-electron chi connectivity index (χ0n) is 23.8. The average Bonchev–Trinajstić information content (AvgIpc) is 3.44. The van der Waals surface area contributed by atoms with Crippen molar-refractivity contribution in [2.75, 3.05) is 20.1 Å². The summed E-state index contributed by atoms with van der Waals surface area (Å²) in [7, 11) is -3.16. The summed E-state index contributed by atoms with van der Waals surface area (Å²) in [5.41, 5.74) is -0.338. The summed E-state index contributed by atoms with van der Waals surface area (Å²) in [6.45, 7) is 3.79. The molecule has 7 nitrogen and oxygen atoms in total. The van der Waals surface area contributed by atoms with Gasteiger partial charge in [0.15, 0.2) is 0 Å². The number of rotatable bonds is 15. The van der Waals surface area contributed by atoms with Crippen molar-refractivity contribution in [2.45, 2.75) is 68.7 Å². The maximum atomic E-state index is 13.8. The van der Waals surface area contributed by atoms with Crippen molar-refractivity contribution < 1.29 is 36.6 Å². The van der Waals surface area contributed by atoms with E-state index < -0.39 is 38.7 Å². The van der Waals surface area contributed by atoms with E-state index in [-0.39, 0.29) is 37.0 Å². The maximum absolute atomic E-state index is 13.8. The van der Waals surface area contributed by atoms with Gasteiger partial charge in [-0.2, -0.15) is 17.5 Å². The molecule has 1 aromatic heterocycles. The van der Waals surface area contributed by atoms with Gasteiger partial charge in [-0.25, -0.2) is 8.42 Å². The average molecular weight is 627 g/mol. The molecule has 2 aromatic carbocycles. The molecular formula is C30H37F3N2O5S2. The summed E-state index contributed by atoms with van der Waals surface area (Å²) in [5, 5.41) is 24.8. The molecule has 0 amide bonds. The highest BCUT2D eigenvalue weighted by Gasteiger charge is 2.34. The second kappa shape index (κ2) is 14.1. The van der Waals surface area contributed by atoms with Crippen molar-refractivity contribution in [1.82, 2.24) is 9.62 Å². The number of carboxylic acid groups (broad SMARTS) is 1. The summed E-state index contributed by atoms with van der Waals surface area (Å²) in [6, 6.07) is 13.0. The van der Waals surface area contributed by atoms with Crippen molar-refractivity contribution in [3.8, 4) is 11.1 Å². The molecule has 3 aromatic rings.